The highest BCUT2D eigenvalue weighted by atomic mass is 32.2. The molecule has 2 aromatic carbocycles. The highest BCUT2D eigenvalue weighted by molar-refractivity contribution is 7.91. The molecule has 0 aliphatic heterocycles. The summed E-state index contributed by atoms with van der Waals surface area (Å²) < 4.78 is 49.7. The summed E-state index contributed by atoms with van der Waals surface area (Å²) in [6.07, 6.45) is 0.168. The van der Waals surface area contributed by atoms with Gasteiger partial charge < -0.3 is 9.47 Å². The number of fused-ring (bicyclic) bond motifs is 1. The zero-order valence-electron chi connectivity index (χ0n) is 15.2. The summed E-state index contributed by atoms with van der Waals surface area (Å²) in [5, 5.41) is 0.355. The molecule has 0 N–H and O–H groups in total. The molecule has 0 spiro atoms. The zero-order chi connectivity index (χ0) is 20.1. The molecule has 0 aliphatic rings. The molecule has 0 radical (unpaired) electrons. The fourth-order valence-corrected chi connectivity index (χ4v) is 5.26. The van der Waals surface area contributed by atoms with Gasteiger partial charge in [0.15, 0.2) is 9.84 Å². The lowest BCUT2D eigenvalue weighted by Gasteiger charge is -2.07. The summed E-state index contributed by atoms with van der Waals surface area (Å²) in [6, 6.07) is 12.8. The first-order valence-corrected chi connectivity index (χ1v) is 11.0. The summed E-state index contributed by atoms with van der Waals surface area (Å²) in [5.74, 6) is -1.16. The molecular formula is C20H19FO5S2. The second kappa shape index (κ2) is 8.81. The Hall–Kier alpha value is -2.29. The van der Waals surface area contributed by atoms with Gasteiger partial charge >= 0.3 is 5.97 Å². The van der Waals surface area contributed by atoms with Gasteiger partial charge in [0, 0.05) is 22.8 Å². The van der Waals surface area contributed by atoms with Crippen LogP contribution in [0.5, 0.6) is 0 Å². The molecule has 0 atom stereocenters. The number of methoxy groups -OCH3 is 1. The van der Waals surface area contributed by atoms with Crippen molar-refractivity contribution < 1.29 is 27.1 Å². The number of thiophene rings is 1. The van der Waals surface area contributed by atoms with Crippen LogP contribution in [0.4, 0.5) is 4.39 Å². The predicted octanol–water partition coefficient (Wildman–Crippen LogP) is 4.21. The van der Waals surface area contributed by atoms with Gasteiger partial charge in [0.05, 0.1) is 23.9 Å². The first-order chi connectivity index (χ1) is 13.4. The van der Waals surface area contributed by atoms with E-state index in [0.29, 0.717) is 15.6 Å². The Bertz CT molecular complexity index is 1070. The second-order valence-electron chi connectivity index (χ2n) is 6.08. The Labute approximate surface area is 166 Å². The molecule has 3 aromatic rings. The Balaban J connectivity index is 1.67. The molecule has 3 rings (SSSR count). The second-order valence-corrected chi connectivity index (χ2v) is 9.24. The number of hydrogen-bond acceptors (Lipinski definition) is 6. The van der Waals surface area contributed by atoms with Crippen LogP contribution in [-0.2, 0) is 25.9 Å². The highest BCUT2D eigenvalue weighted by Crippen LogP contribution is 2.34. The number of esters is 1. The van der Waals surface area contributed by atoms with Gasteiger partial charge in [-0.05, 0) is 30.7 Å². The maximum absolute atomic E-state index is 14.2. The van der Waals surface area contributed by atoms with Crippen LogP contribution in [0.15, 0.2) is 53.4 Å². The number of rotatable bonds is 8. The Kier molecular flexibility index (Phi) is 6.43. The first kappa shape index (κ1) is 20.4. The van der Waals surface area contributed by atoms with Gasteiger partial charge in [-0.15, -0.1) is 11.3 Å². The van der Waals surface area contributed by atoms with Gasteiger partial charge in [-0.1, -0.05) is 24.3 Å². The van der Waals surface area contributed by atoms with Gasteiger partial charge in [-0.25, -0.2) is 17.6 Å². The summed E-state index contributed by atoms with van der Waals surface area (Å²) in [5.41, 5.74) is 0.447. The van der Waals surface area contributed by atoms with Crippen molar-refractivity contribution in [3.63, 3.8) is 0 Å². The number of carbonyl (C=O) groups excluding carboxylic acids is 1. The van der Waals surface area contributed by atoms with Crippen LogP contribution in [0.3, 0.4) is 0 Å². The topological polar surface area (TPSA) is 69.7 Å². The molecule has 8 heteroatoms. The summed E-state index contributed by atoms with van der Waals surface area (Å²) >= 11 is 1.13. The van der Waals surface area contributed by atoms with E-state index in [1.165, 1.54) is 25.3 Å². The van der Waals surface area contributed by atoms with Gasteiger partial charge in [-0.2, -0.15) is 0 Å². The minimum Gasteiger partial charge on any atom is -0.461 e. The van der Waals surface area contributed by atoms with Gasteiger partial charge in [-0.3, -0.25) is 0 Å². The van der Waals surface area contributed by atoms with E-state index in [-0.39, 0.29) is 35.2 Å². The third-order valence-corrected chi connectivity index (χ3v) is 7.12. The Morgan fingerprint density at radius 1 is 1.11 bits per heavy atom. The highest BCUT2D eigenvalue weighted by Gasteiger charge is 2.22. The molecule has 0 amide bonds. The van der Waals surface area contributed by atoms with Crippen molar-refractivity contribution in [2.45, 2.75) is 17.9 Å². The molecule has 148 valence electrons. The molecule has 0 bridgehead atoms. The van der Waals surface area contributed by atoms with Crippen LogP contribution >= 0.6 is 11.3 Å². The van der Waals surface area contributed by atoms with Crippen molar-refractivity contribution in [3.05, 3.63) is 64.8 Å². The van der Waals surface area contributed by atoms with E-state index in [1.807, 2.05) is 0 Å². The molecule has 0 aliphatic carbocycles. The zero-order valence-corrected chi connectivity index (χ0v) is 16.8. The molecule has 0 unspecified atom stereocenters. The number of halogens is 1. The monoisotopic (exact) mass is 422 g/mol. The van der Waals surface area contributed by atoms with Crippen molar-refractivity contribution >= 4 is 37.2 Å². The molecule has 0 saturated carbocycles. The number of ether oxygens (including phenoxy) is 2. The summed E-state index contributed by atoms with van der Waals surface area (Å²) in [4.78, 5) is 13.0. The van der Waals surface area contributed by atoms with Gasteiger partial charge in [0.1, 0.15) is 10.7 Å². The Morgan fingerprint density at radius 3 is 2.57 bits per heavy atom. The third kappa shape index (κ3) is 4.40. The van der Waals surface area contributed by atoms with E-state index in [4.69, 9.17) is 9.47 Å². The number of benzene rings is 2. The van der Waals surface area contributed by atoms with Crippen LogP contribution < -0.4 is 0 Å². The lowest BCUT2D eigenvalue weighted by Crippen LogP contribution is -2.12. The van der Waals surface area contributed by atoms with E-state index in [0.717, 1.165) is 11.3 Å². The average molecular weight is 422 g/mol. The standard InChI is InChI=1S/C20H19FO5S2/c1-25-13-15-18-16(21)9-5-10-17(18)27-19(15)20(22)26-11-6-12-28(23,24)14-7-3-2-4-8-14/h2-5,7-10H,6,11-13H2,1H3. The van der Waals surface area contributed by atoms with Crippen molar-refractivity contribution in [2.75, 3.05) is 19.5 Å². The lowest BCUT2D eigenvalue weighted by molar-refractivity contribution is 0.0507. The molecule has 0 fully saturated rings. The minimum absolute atomic E-state index is 0.0476. The van der Waals surface area contributed by atoms with Gasteiger partial charge in [0.25, 0.3) is 0 Å². The average Bonchev–Trinajstić information content (AvgIpc) is 3.06. The maximum atomic E-state index is 14.2. The summed E-state index contributed by atoms with van der Waals surface area (Å²) in [7, 11) is -1.96. The van der Waals surface area contributed by atoms with Crippen LogP contribution in [0, 0.1) is 5.82 Å². The van der Waals surface area contributed by atoms with Crippen molar-refractivity contribution in [1.82, 2.24) is 0 Å². The van der Waals surface area contributed by atoms with E-state index in [1.54, 1.807) is 30.3 Å². The largest absolute Gasteiger partial charge is 0.461 e. The first-order valence-electron chi connectivity index (χ1n) is 8.58. The van der Waals surface area contributed by atoms with Gasteiger partial charge in [0.2, 0.25) is 0 Å². The number of hydrogen-bond donors (Lipinski definition) is 0. The Morgan fingerprint density at radius 2 is 1.86 bits per heavy atom. The van der Waals surface area contributed by atoms with Crippen LogP contribution in [0.1, 0.15) is 21.7 Å². The predicted molar refractivity (Wildman–Crippen MR) is 106 cm³/mol. The van der Waals surface area contributed by atoms with Crippen LogP contribution in [0.2, 0.25) is 0 Å². The molecule has 28 heavy (non-hydrogen) atoms. The molecule has 1 heterocycles. The minimum atomic E-state index is -3.42. The quantitative estimate of drug-likeness (QED) is 0.402. The summed E-state index contributed by atoms with van der Waals surface area (Å²) in [6.45, 7) is 0.0296. The SMILES string of the molecule is COCc1c(C(=O)OCCCS(=O)(=O)c2ccccc2)sc2cccc(F)c12. The third-order valence-electron chi connectivity index (χ3n) is 4.13. The smallest absolute Gasteiger partial charge is 0.348 e. The van der Waals surface area contributed by atoms with E-state index >= 15 is 0 Å². The maximum Gasteiger partial charge on any atom is 0.348 e. The van der Waals surface area contributed by atoms with Crippen LogP contribution in [-0.4, -0.2) is 33.9 Å². The number of sulfone groups is 1. The molecular weight excluding hydrogens is 403 g/mol. The van der Waals surface area contributed by atoms with E-state index < -0.39 is 21.6 Å². The molecule has 0 saturated heterocycles. The van der Waals surface area contributed by atoms with Crippen molar-refractivity contribution in [3.8, 4) is 0 Å². The van der Waals surface area contributed by atoms with Crippen molar-refractivity contribution in [2.24, 2.45) is 0 Å². The molecule has 5 nitrogen and oxygen atoms in total. The van der Waals surface area contributed by atoms with Crippen molar-refractivity contribution in [1.29, 1.82) is 0 Å². The van der Waals surface area contributed by atoms with E-state index in [2.05, 4.69) is 0 Å². The number of carbonyl (C=O) groups is 1. The lowest BCUT2D eigenvalue weighted by atomic mass is 10.1. The van der Waals surface area contributed by atoms with E-state index in [9.17, 15) is 17.6 Å². The fraction of sp³-hybridized carbons (Fsp3) is 0.250. The fourth-order valence-electron chi connectivity index (χ4n) is 2.84. The molecule has 1 aromatic heterocycles. The normalized spacial score (nSPS) is 11.6. The van der Waals surface area contributed by atoms with Crippen LogP contribution in [0.25, 0.3) is 10.1 Å².